The normalized spacial score (nSPS) is 22.9. The topological polar surface area (TPSA) is 42.4 Å². The van der Waals surface area contributed by atoms with Gasteiger partial charge in [-0.05, 0) is 24.6 Å². The van der Waals surface area contributed by atoms with Crippen LogP contribution in [0.4, 0.5) is 4.39 Å². The minimum absolute atomic E-state index is 0.273. The van der Waals surface area contributed by atoms with Crippen molar-refractivity contribution in [3.8, 4) is 5.75 Å². The summed E-state index contributed by atoms with van der Waals surface area (Å²) in [5.41, 5.74) is 1.40. The largest absolute Gasteiger partial charge is 0.497 e. The van der Waals surface area contributed by atoms with Crippen LogP contribution in [0.3, 0.4) is 0 Å². The summed E-state index contributed by atoms with van der Waals surface area (Å²) >= 11 is 0. The van der Waals surface area contributed by atoms with Gasteiger partial charge in [0.2, 0.25) is 0 Å². The van der Waals surface area contributed by atoms with Crippen molar-refractivity contribution in [1.29, 1.82) is 0 Å². The summed E-state index contributed by atoms with van der Waals surface area (Å²) in [5, 5.41) is 11.1. The van der Waals surface area contributed by atoms with Crippen LogP contribution >= 0.6 is 0 Å². The fraction of sp³-hybridized carbons (Fsp3) is 0.312. The molecular formula is C16H16FNO2. The molecule has 1 aromatic heterocycles. The van der Waals surface area contributed by atoms with Crippen LogP contribution < -0.4 is 4.74 Å². The first-order valence-corrected chi connectivity index (χ1v) is 6.46. The number of hydrogen-bond donors (Lipinski definition) is 1. The molecule has 4 heteroatoms. The maximum Gasteiger partial charge on any atom is 0.147 e. The Hall–Kier alpha value is -1.94. The first kappa shape index (κ1) is 13.1. The van der Waals surface area contributed by atoms with E-state index in [1.165, 1.54) is 0 Å². The molecule has 0 radical (unpaired) electrons. The minimum Gasteiger partial charge on any atom is -0.497 e. The molecule has 20 heavy (non-hydrogen) atoms. The number of aliphatic hydroxyl groups is 1. The summed E-state index contributed by atoms with van der Waals surface area (Å²) in [4.78, 5) is 4.06. The zero-order valence-electron chi connectivity index (χ0n) is 11.5. The lowest BCUT2D eigenvalue weighted by molar-refractivity contribution is 0.109. The van der Waals surface area contributed by atoms with Gasteiger partial charge in [-0.15, -0.1) is 0 Å². The van der Waals surface area contributed by atoms with Gasteiger partial charge < -0.3 is 9.84 Å². The number of rotatable bonds is 3. The number of methoxy groups -OCH3 is 1. The summed E-state index contributed by atoms with van der Waals surface area (Å²) in [7, 11) is 1.55. The summed E-state index contributed by atoms with van der Waals surface area (Å²) < 4.78 is 19.4. The van der Waals surface area contributed by atoms with Gasteiger partial charge >= 0.3 is 0 Å². The van der Waals surface area contributed by atoms with Crippen LogP contribution in [0.2, 0.25) is 0 Å². The molecule has 104 valence electrons. The monoisotopic (exact) mass is 273 g/mol. The number of aromatic nitrogens is 1. The van der Waals surface area contributed by atoms with E-state index in [-0.39, 0.29) is 5.56 Å². The Kier molecular flexibility index (Phi) is 2.80. The van der Waals surface area contributed by atoms with Gasteiger partial charge in [-0.1, -0.05) is 19.1 Å². The van der Waals surface area contributed by atoms with Crippen LogP contribution in [0.15, 0.2) is 36.5 Å². The standard InChI is InChI=1S/C16H16FNO2/c1-9-7-16(9,2)15(19)14-11-6-10(20-3)4-5-13(11)18-8-12(14)17/h4-6,8,15,19H,1,7H2,2-3H3/t15-,16+/m0/s1. The fourth-order valence-corrected chi connectivity index (χ4v) is 2.58. The molecule has 3 nitrogen and oxygen atoms in total. The second-order valence-electron chi connectivity index (χ2n) is 5.50. The molecule has 1 fully saturated rings. The maximum atomic E-state index is 14.2. The molecule has 1 saturated carbocycles. The van der Waals surface area contributed by atoms with Crippen molar-refractivity contribution in [2.75, 3.05) is 7.11 Å². The first-order valence-electron chi connectivity index (χ1n) is 6.46. The third kappa shape index (κ3) is 1.79. The van der Waals surface area contributed by atoms with Crippen molar-refractivity contribution < 1.29 is 14.2 Å². The van der Waals surface area contributed by atoms with Gasteiger partial charge in [0.25, 0.3) is 0 Å². The van der Waals surface area contributed by atoms with E-state index >= 15 is 0 Å². The first-order chi connectivity index (χ1) is 9.47. The van der Waals surface area contributed by atoms with Crippen LogP contribution in [-0.2, 0) is 0 Å². The Morgan fingerprint density at radius 3 is 2.80 bits per heavy atom. The Balaban J connectivity index is 2.22. The molecule has 1 aliphatic rings. The van der Waals surface area contributed by atoms with Crippen LogP contribution in [0, 0.1) is 11.2 Å². The summed E-state index contributed by atoms with van der Waals surface area (Å²) in [6, 6.07) is 5.23. The van der Waals surface area contributed by atoms with Crippen LogP contribution in [0.25, 0.3) is 10.9 Å². The van der Waals surface area contributed by atoms with Gasteiger partial charge in [-0.2, -0.15) is 0 Å². The van der Waals surface area contributed by atoms with Crippen molar-refractivity contribution in [3.05, 3.63) is 47.9 Å². The number of nitrogens with zero attached hydrogens (tertiary/aromatic N) is 1. The van der Waals surface area contributed by atoms with Crippen LogP contribution in [-0.4, -0.2) is 17.2 Å². The average molecular weight is 273 g/mol. The van der Waals surface area contributed by atoms with Gasteiger partial charge in [0, 0.05) is 16.4 Å². The highest BCUT2D eigenvalue weighted by molar-refractivity contribution is 5.84. The highest BCUT2D eigenvalue weighted by atomic mass is 19.1. The maximum absolute atomic E-state index is 14.2. The van der Waals surface area contributed by atoms with Crippen molar-refractivity contribution >= 4 is 10.9 Å². The van der Waals surface area contributed by atoms with E-state index in [1.807, 2.05) is 6.92 Å². The number of aliphatic hydroxyl groups excluding tert-OH is 1. The number of hydrogen-bond acceptors (Lipinski definition) is 3. The number of ether oxygens (including phenoxy) is 1. The van der Waals surface area contributed by atoms with E-state index in [9.17, 15) is 9.50 Å². The molecule has 0 saturated heterocycles. The quantitative estimate of drug-likeness (QED) is 0.872. The zero-order valence-corrected chi connectivity index (χ0v) is 11.5. The molecule has 1 aromatic carbocycles. The third-order valence-corrected chi connectivity index (χ3v) is 4.21. The Morgan fingerprint density at radius 2 is 2.20 bits per heavy atom. The van der Waals surface area contributed by atoms with Gasteiger partial charge in [0.05, 0.1) is 24.9 Å². The number of benzene rings is 1. The highest BCUT2D eigenvalue weighted by Crippen LogP contribution is 2.59. The number of pyridine rings is 1. The molecule has 1 aliphatic carbocycles. The summed E-state index contributed by atoms with van der Waals surface area (Å²) in [5.74, 6) is 0.109. The van der Waals surface area contributed by atoms with E-state index in [4.69, 9.17) is 4.74 Å². The van der Waals surface area contributed by atoms with Crippen molar-refractivity contribution in [2.45, 2.75) is 19.4 Å². The van der Waals surface area contributed by atoms with E-state index in [0.717, 1.165) is 11.8 Å². The van der Waals surface area contributed by atoms with E-state index in [0.29, 0.717) is 23.1 Å². The molecule has 3 rings (SSSR count). The Labute approximate surface area is 116 Å². The Morgan fingerprint density at radius 1 is 1.50 bits per heavy atom. The van der Waals surface area contributed by atoms with Gasteiger partial charge in [-0.25, -0.2) is 4.39 Å². The van der Waals surface area contributed by atoms with Gasteiger partial charge in [0.1, 0.15) is 11.6 Å². The van der Waals surface area contributed by atoms with E-state index < -0.39 is 17.3 Å². The SMILES string of the molecule is C=C1C[C@@]1(C)[C@@H](O)c1c(F)cnc2ccc(OC)cc12. The predicted octanol–water partition coefficient (Wildman–Crippen LogP) is 3.38. The van der Waals surface area contributed by atoms with E-state index in [1.54, 1.807) is 25.3 Å². The van der Waals surface area contributed by atoms with Crippen LogP contribution in [0.5, 0.6) is 5.75 Å². The molecule has 2 atom stereocenters. The number of halogens is 1. The lowest BCUT2D eigenvalue weighted by atomic mass is 9.91. The van der Waals surface area contributed by atoms with Gasteiger partial charge in [-0.3, -0.25) is 4.98 Å². The molecule has 0 aliphatic heterocycles. The lowest BCUT2D eigenvalue weighted by Crippen LogP contribution is -2.13. The molecule has 2 aromatic rings. The van der Waals surface area contributed by atoms with Crippen molar-refractivity contribution in [1.82, 2.24) is 4.98 Å². The summed E-state index contributed by atoms with van der Waals surface area (Å²) in [6.45, 7) is 5.78. The van der Waals surface area contributed by atoms with Crippen LogP contribution in [0.1, 0.15) is 25.0 Å². The highest BCUT2D eigenvalue weighted by Gasteiger charge is 2.50. The molecular weight excluding hydrogens is 257 g/mol. The van der Waals surface area contributed by atoms with E-state index in [2.05, 4.69) is 11.6 Å². The molecule has 1 heterocycles. The fourth-order valence-electron chi connectivity index (χ4n) is 2.58. The van der Waals surface area contributed by atoms with Crippen molar-refractivity contribution in [2.24, 2.45) is 5.41 Å². The zero-order chi connectivity index (χ0) is 14.5. The summed E-state index contributed by atoms with van der Waals surface area (Å²) in [6.07, 6.45) is 0.941. The Bertz CT molecular complexity index is 713. The van der Waals surface area contributed by atoms with Crippen molar-refractivity contribution in [3.63, 3.8) is 0 Å². The lowest BCUT2D eigenvalue weighted by Gasteiger charge is -2.20. The minimum atomic E-state index is -0.924. The number of fused-ring (bicyclic) bond motifs is 1. The smallest absolute Gasteiger partial charge is 0.147 e. The third-order valence-electron chi connectivity index (χ3n) is 4.21. The molecule has 0 amide bonds. The average Bonchev–Trinajstić information content (AvgIpc) is 3.06. The molecule has 1 N–H and O–H groups in total. The predicted molar refractivity (Wildman–Crippen MR) is 75.1 cm³/mol. The molecule has 0 bridgehead atoms. The second-order valence-corrected chi connectivity index (χ2v) is 5.50. The molecule has 0 unspecified atom stereocenters. The second kappa shape index (κ2) is 4.28. The molecule has 0 spiro atoms. The van der Waals surface area contributed by atoms with Gasteiger partial charge in [0.15, 0.2) is 0 Å².